The molecule has 0 aromatic rings. The molecule has 0 aliphatic carbocycles. The molecule has 6 N–H and O–H groups in total. The molecule has 1 amide bonds. The normalized spacial score (nSPS) is 20.5. The van der Waals surface area contributed by atoms with E-state index in [1.165, 1.54) is 167 Å². The van der Waals surface area contributed by atoms with E-state index in [2.05, 4.69) is 23.3 Å². The summed E-state index contributed by atoms with van der Waals surface area (Å²) >= 11 is 0. The predicted molar refractivity (Wildman–Crippen MR) is 246 cm³/mol. The zero-order valence-corrected chi connectivity index (χ0v) is 39.8. The van der Waals surface area contributed by atoms with Crippen molar-refractivity contribution in [1.29, 1.82) is 0 Å². The molecule has 1 aliphatic heterocycles. The van der Waals surface area contributed by atoms with E-state index in [-0.39, 0.29) is 12.5 Å². The van der Waals surface area contributed by atoms with Gasteiger partial charge in [0.05, 0.1) is 25.4 Å². The van der Waals surface area contributed by atoms with E-state index >= 15 is 0 Å². The molecular formula is C48H95NO11S. The minimum absolute atomic E-state index is 0.226. The number of hydrogen-bond acceptors (Lipinski definition) is 10. The first kappa shape index (κ1) is 58.1. The topological polar surface area (TPSA) is 192 Å². The van der Waals surface area contributed by atoms with Gasteiger partial charge in [-0.3, -0.25) is 9.35 Å². The summed E-state index contributed by atoms with van der Waals surface area (Å²) in [5.41, 5.74) is 0. The minimum atomic E-state index is -5.07. The first-order chi connectivity index (χ1) is 29.5. The lowest BCUT2D eigenvalue weighted by Crippen LogP contribution is -2.61. The van der Waals surface area contributed by atoms with Gasteiger partial charge >= 0.3 is 10.4 Å². The van der Waals surface area contributed by atoms with Crippen LogP contribution in [0.15, 0.2) is 0 Å². The number of nitrogens with one attached hydrogen (secondary N) is 1. The average molecular weight is 894 g/mol. The largest absolute Gasteiger partial charge is 0.397 e. The van der Waals surface area contributed by atoms with E-state index in [4.69, 9.17) is 9.47 Å². The maximum atomic E-state index is 13.1. The van der Waals surface area contributed by atoms with Crippen molar-refractivity contribution < 1.29 is 51.8 Å². The molecule has 7 atom stereocenters. The highest BCUT2D eigenvalue weighted by molar-refractivity contribution is 7.80. The van der Waals surface area contributed by atoms with Crippen molar-refractivity contribution in [1.82, 2.24) is 5.32 Å². The second-order valence-corrected chi connectivity index (χ2v) is 19.2. The van der Waals surface area contributed by atoms with Gasteiger partial charge in [-0.15, -0.1) is 0 Å². The van der Waals surface area contributed by atoms with E-state index in [9.17, 15) is 38.2 Å². The van der Waals surface area contributed by atoms with Gasteiger partial charge < -0.3 is 35.2 Å². The molecule has 61 heavy (non-hydrogen) atoms. The molecule has 1 fully saturated rings. The summed E-state index contributed by atoms with van der Waals surface area (Å²) in [4.78, 5) is 13.1. The van der Waals surface area contributed by atoms with Crippen molar-refractivity contribution >= 4 is 16.3 Å². The Morgan fingerprint density at radius 2 is 0.951 bits per heavy atom. The molecule has 364 valence electrons. The van der Waals surface area contributed by atoms with E-state index in [0.717, 1.165) is 51.4 Å². The maximum absolute atomic E-state index is 13.1. The highest BCUT2D eigenvalue weighted by Crippen LogP contribution is 2.26. The van der Waals surface area contributed by atoms with Crippen LogP contribution in [-0.2, 0) is 28.9 Å². The zero-order valence-electron chi connectivity index (χ0n) is 39.0. The monoisotopic (exact) mass is 894 g/mol. The number of carbonyl (C=O) groups is 1. The molecular weight excluding hydrogens is 799 g/mol. The highest BCUT2D eigenvalue weighted by atomic mass is 32.3. The Kier molecular flexibility index (Phi) is 37.6. The van der Waals surface area contributed by atoms with Crippen LogP contribution >= 0.6 is 0 Å². The van der Waals surface area contributed by atoms with Gasteiger partial charge in [-0.1, -0.05) is 226 Å². The Morgan fingerprint density at radius 1 is 0.590 bits per heavy atom. The van der Waals surface area contributed by atoms with Gasteiger partial charge in [-0.25, -0.2) is 4.18 Å². The third kappa shape index (κ3) is 32.4. The number of carbonyl (C=O) groups excluding carboxylic acids is 1. The molecule has 13 heteroatoms. The molecule has 1 heterocycles. The van der Waals surface area contributed by atoms with E-state index < -0.39 is 59.9 Å². The fraction of sp³-hybridized carbons (Fsp3) is 0.979. The van der Waals surface area contributed by atoms with Crippen LogP contribution in [-0.4, -0.2) is 95.4 Å². The van der Waals surface area contributed by atoms with Crippen molar-refractivity contribution in [3.8, 4) is 0 Å². The first-order valence-corrected chi connectivity index (χ1v) is 26.8. The standard InChI is InChI=1S/C48H95NO11S/c1-3-5-7-9-11-13-15-16-17-18-19-20-21-22-23-24-25-26-28-30-32-34-36-38-44(52)49-41(42(51)37-35-33-31-29-27-14-12-10-8-6-4-2)40-58-48-46(54)47(60-61(55,56)57)45(53)43(39-50)59-48/h41-43,45-48,50-51,53-54H,3-40H2,1-2H3,(H,49,52)(H,55,56,57). The first-order valence-electron chi connectivity index (χ1n) is 25.4. The molecule has 0 aromatic carbocycles. The Hall–Kier alpha value is -0.900. The molecule has 0 radical (unpaired) electrons. The van der Waals surface area contributed by atoms with E-state index in [1.54, 1.807) is 0 Å². The summed E-state index contributed by atoms with van der Waals surface area (Å²) in [6.07, 6.45) is 34.0. The van der Waals surface area contributed by atoms with Crippen molar-refractivity contribution in [3.05, 3.63) is 0 Å². The van der Waals surface area contributed by atoms with E-state index in [1.807, 2.05) is 0 Å². The Bertz CT molecular complexity index is 1100. The van der Waals surface area contributed by atoms with Crippen molar-refractivity contribution in [2.75, 3.05) is 13.2 Å². The summed E-state index contributed by atoms with van der Waals surface area (Å²) in [7, 11) is -5.07. The number of rotatable bonds is 44. The third-order valence-electron chi connectivity index (χ3n) is 12.4. The molecule has 1 saturated heterocycles. The second-order valence-electron chi connectivity index (χ2n) is 18.1. The lowest BCUT2D eigenvalue weighted by molar-refractivity contribution is -0.298. The van der Waals surface area contributed by atoms with Crippen LogP contribution in [0.3, 0.4) is 0 Å². The number of amides is 1. The lowest BCUT2D eigenvalue weighted by Gasteiger charge is -2.41. The SMILES string of the molecule is CCCCCCCCCCCCCCCCCCCCCCCCCC(=O)NC(COC1OC(CO)C(O)C(OS(=O)(=O)O)C1O)C(O)CCCCCCCCCCCCC. The molecule has 0 aromatic heterocycles. The van der Waals surface area contributed by atoms with Crippen LogP contribution in [0.2, 0.25) is 0 Å². The Morgan fingerprint density at radius 3 is 1.31 bits per heavy atom. The minimum Gasteiger partial charge on any atom is -0.394 e. The van der Waals surface area contributed by atoms with Crippen molar-refractivity contribution in [3.63, 3.8) is 0 Å². The van der Waals surface area contributed by atoms with Crippen LogP contribution in [0, 0.1) is 0 Å². The fourth-order valence-electron chi connectivity index (χ4n) is 8.46. The van der Waals surface area contributed by atoms with Gasteiger partial charge in [0.25, 0.3) is 0 Å². The number of ether oxygens (including phenoxy) is 2. The smallest absolute Gasteiger partial charge is 0.394 e. The number of hydrogen-bond donors (Lipinski definition) is 6. The zero-order chi connectivity index (χ0) is 44.8. The molecule has 0 bridgehead atoms. The molecule has 7 unspecified atom stereocenters. The van der Waals surface area contributed by atoms with Gasteiger partial charge in [-0.05, 0) is 12.8 Å². The number of aliphatic hydroxyl groups is 4. The summed E-state index contributed by atoms with van der Waals surface area (Å²) < 4.78 is 47.7. The van der Waals surface area contributed by atoms with Crippen LogP contribution in [0.1, 0.15) is 245 Å². The van der Waals surface area contributed by atoms with Crippen molar-refractivity contribution in [2.45, 2.75) is 288 Å². The fourth-order valence-corrected chi connectivity index (χ4v) is 8.97. The van der Waals surface area contributed by atoms with Crippen LogP contribution in [0.5, 0.6) is 0 Å². The van der Waals surface area contributed by atoms with Gasteiger partial charge in [0, 0.05) is 6.42 Å². The van der Waals surface area contributed by atoms with Gasteiger partial charge in [0.2, 0.25) is 5.91 Å². The Balaban J connectivity index is 2.34. The predicted octanol–water partition coefficient (Wildman–Crippen LogP) is 10.6. The summed E-state index contributed by atoms with van der Waals surface area (Å²) in [6, 6.07) is -0.851. The molecule has 1 aliphatic rings. The van der Waals surface area contributed by atoms with Gasteiger partial charge in [0.1, 0.15) is 24.4 Å². The molecule has 0 saturated carbocycles. The second kappa shape index (κ2) is 39.5. The highest BCUT2D eigenvalue weighted by Gasteiger charge is 2.48. The van der Waals surface area contributed by atoms with Crippen LogP contribution in [0.4, 0.5) is 0 Å². The molecule has 0 spiro atoms. The van der Waals surface area contributed by atoms with Crippen LogP contribution < -0.4 is 5.32 Å². The molecule has 1 rings (SSSR count). The van der Waals surface area contributed by atoms with Crippen molar-refractivity contribution in [2.24, 2.45) is 0 Å². The lowest BCUT2D eigenvalue weighted by atomic mass is 9.99. The summed E-state index contributed by atoms with van der Waals surface area (Å²) in [5, 5.41) is 44.9. The van der Waals surface area contributed by atoms with E-state index in [0.29, 0.717) is 12.8 Å². The maximum Gasteiger partial charge on any atom is 0.397 e. The average Bonchev–Trinajstić information content (AvgIpc) is 3.23. The quantitative estimate of drug-likeness (QED) is 0.0252. The third-order valence-corrected chi connectivity index (χ3v) is 12.9. The summed E-state index contributed by atoms with van der Waals surface area (Å²) in [6.45, 7) is 3.46. The van der Waals surface area contributed by atoms with Crippen LogP contribution in [0.25, 0.3) is 0 Å². The molecule has 12 nitrogen and oxygen atoms in total. The Labute approximate surface area is 373 Å². The number of aliphatic hydroxyl groups excluding tert-OH is 4. The number of unbranched alkanes of at least 4 members (excludes halogenated alkanes) is 32. The summed E-state index contributed by atoms with van der Waals surface area (Å²) in [5.74, 6) is -0.226. The van der Waals surface area contributed by atoms with Gasteiger partial charge in [-0.2, -0.15) is 8.42 Å². The van der Waals surface area contributed by atoms with Gasteiger partial charge in [0.15, 0.2) is 6.29 Å².